The summed E-state index contributed by atoms with van der Waals surface area (Å²) in [6, 6.07) is 6.13. The molecule has 0 saturated carbocycles. The first-order valence-electron chi connectivity index (χ1n) is 6.61. The van der Waals surface area contributed by atoms with E-state index in [1.165, 1.54) is 5.56 Å². The maximum atomic E-state index is 6.33. The highest BCUT2D eigenvalue weighted by Gasteiger charge is 2.19. The first-order chi connectivity index (χ1) is 9.49. The largest absolute Gasteiger partial charge is 0.291 e. The van der Waals surface area contributed by atoms with Crippen LogP contribution in [0.25, 0.3) is 16.7 Å². The first-order valence-corrected chi connectivity index (χ1v) is 7.05. The van der Waals surface area contributed by atoms with Crippen LogP contribution in [-0.2, 0) is 7.05 Å². The van der Waals surface area contributed by atoms with E-state index in [0.717, 1.165) is 28.2 Å². The molecule has 104 valence electrons. The molecule has 0 bridgehead atoms. The molecule has 2 aromatic heterocycles. The number of para-hydroxylation sites is 1. The number of aromatic nitrogens is 4. The maximum Gasteiger partial charge on any atom is 0.132 e. The maximum absolute atomic E-state index is 6.33. The first kappa shape index (κ1) is 13.2. The second-order valence-corrected chi connectivity index (χ2v) is 5.79. The Labute approximate surface area is 123 Å². The summed E-state index contributed by atoms with van der Waals surface area (Å²) >= 11 is 6.33. The lowest BCUT2D eigenvalue weighted by Crippen LogP contribution is -2.03. The van der Waals surface area contributed by atoms with Gasteiger partial charge < -0.3 is 0 Å². The molecule has 0 N–H and O–H groups in total. The van der Waals surface area contributed by atoms with Crippen LogP contribution in [0.3, 0.4) is 0 Å². The minimum Gasteiger partial charge on any atom is -0.291 e. The average Bonchev–Trinajstić information content (AvgIpc) is 2.90. The van der Waals surface area contributed by atoms with Crippen LogP contribution in [0.1, 0.15) is 29.4 Å². The van der Waals surface area contributed by atoms with Gasteiger partial charge in [-0.3, -0.25) is 9.25 Å². The molecule has 0 saturated heterocycles. The third-order valence-electron chi connectivity index (χ3n) is 3.49. The lowest BCUT2D eigenvalue weighted by atomic mass is 10.2. The van der Waals surface area contributed by atoms with Crippen molar-refractivity contribution in [1.29, 1.82) is 0 Å². The van der Waals surface area contributed by atoms with Gasteiger partial charge in [-0.2, -0.15) is 5.10 Å². The number of nitrogens with zero attached hydrogens (tertiary/aromatic N) is 4. The molecule has 0 aliphatic carbocycles. The molecular formula is C15H17ClN4. The molecule has 0 aliphatic heterocycles. The van der Waals surface area contributed by atoms with Gasteiger partial charge in [0.1, 0.15) is 5.82 Å². The van der Waals surface area contributed by atoms with Crippen molar-refractivity contribution in [2.75, 3.05) is 0 Å². The summed E-state index contributed by atoms with van der Waals surface area (Å²) in [5, 5.41) is 4.26. The summed E-state index contributed by atoms with van der Waals surface area (Å²) < 4.78 is 3.95. The van der Waals surface area contributed by atoms with Gasteiger partial charge in [0.25, 0.3) is 0 Å². The lowest BCUT2D eigenvalue weighted by molar-refractivity contribution is 0.756. The third-order valence-corrected chi connectivity index (χ3v) is 3.68. The Hall–Kier alpha value is -1.81. The van der Waals surface area contributed by atoms with Crippen LogP contribution in [0, 0.1) is 13.8 Å². The van der Waals surface area contributed by atoms with Gasteiger partial charge in [0.15, 0.2) is 0 Å². The number of alkyl halides is 1. The molecule has 0 aliphatic rings. The fourth-order valence-electron chi connectivity index (χ4n) is 2.63. The molecule has 0 spiro atoms. The Morgan fingerprint density at radius 2 is 2.00 bits per heavy atom. The summed E-state index contributed by atoms with van der Waals surface area (Å²) in [5.41, 5.74) is 5.25. The van der Waals surface area contributed by atoms with E-state index in [2.05, 4.69) is 22.7 Å². The smallest absolute Gasteiger partial charge is 0.132 e. The van der Waals surface area contributed by atoms with Crippen molar-refractivity contribution < 1.29 is 0 Å². The van der Waals surface area contributed by atoms with Gasteiger partial charge >= 0.3 is 0 Å². The minimum atomic E-state index is -0.165. The van der Waals surface area contributed by atoms with E-state index in [1.54, 1.807) is 0 Å². The van der Waals surface area contributed by atoms with E-state index in [4.69, 9.17) is 16.6 Å². The molecule has 5 heteroatoms. The summed E-state index contributed by atoms with van der Waals surface area (Å²) in [6.07, 6.45) is 2.01. The fraction of sp³-hybridized carbons (Fsp3) is 0.333. The van der Waals surface area contributed by atoms with Crippen molar-refractivity contribution in [3.8, 4) is 5.69 Å². The Kier molecular flexibility index (Phi) is 3.05. The highest BCUT2D eigenvalue weighted by Crippen LogP contribution is 2.30. The van der Waals surface area contributed by atoms with Crippen molar-refractivity contribution >= 4 is 22.6 Å². The second-order valence-electron chi connectivity index (χ2n) is 5.14. The SMILES string of the molecule is Cc1nn(C)cc1-n1c(C(C)Cl)nc2cccc(C)c21. The van der Waals surface area contributed by atoms with Gasteiger partial charge in [-0.15, -0.1) is 11.6 Å². The Morgan fingerprint density at radius 1 is 1.25 bits per heavy atom. The van der Waals surface area contributed by atoms with Crippen LogP contribution in [0.2, 0.25) is 0 Å². The Balaban J connectivity index is 2.43. The van der Waals surface area contributed by atoms with E-state index >= 15 is 0 Å². The predicted molar refractivity (Wildman–Crippen MR) is 81.6 cm³/mol. The molecule has 0 radical (unpaired) electrons. The number of hydrogen-bond acceptors (Lipinski definition) is 2. The van der Waals surface area contributed by atoms with Gasteiger partial charge in [0.05, 0.1) is 27.8 Å². The van der Waals surface area contributed by atoms with Crippen LogP contribution in [0.5, 0.6) is 0 Å². The highest BCUT2D eigenvalue weighted by atomic mass is 35.5. The molecule has 0 fully saturated rings. The van der Waals surface area contributed by atoms with Gasteiger partial charge in [-0.1, -0.05) is 12.1 Å². The Bertz CT molecular complexity index is 783. The van der Waals surface area contributed by atoms with Crippen molar-refractivity contribution in [3.63, 3.8) is 0 Å². The number of aryl methyl sites for hydroxylation is 3. The molecular weight excluding hydrogens is 272 g/mol. The standard InChI is InChI=1S/C15H17ClN4/c1-9-6-5-7-12-14(9)20(15(17-12)10(2)16)13-8-19(4)18-11(13)3/h5-8,10H,1-4H3. The second kappa shape index (κ2) is 4.63. The molecule has 2 heterocycles. The van der Waals surface area contributed by atoms with Crippen LogP contribution in [-0.4, -0.2) is 19.3 Å². The van der Waals surface area contributed by atoms with E-state index < -0.39 is 0 Å². The van der Waals surface area contributed by atoms with Crippen LogP contribution in [0.15, 0.2) is 24.4 Å². The monoisotopic (exact) mass is 288 g/mol. The number of rotatable bonds is 2. The van der Waals surface area contributed by atoms with Crippen LogP contribution in [0.4, 0.5) is 0 Å². The van der Waals surface area contributed by atoms with E-state index in [-0.39, 0.29) is 5.38 Å². The Morgan fingerprint density at radius 3 is 2.60 bits per heavy atom. The zero-order valence-corrected chi connectivity index (χ0v) is 12.8. The summed E-state index contributed by atoms with van der Waals surface area (Å²) in [4.78, 5) is 4.69. The zero-order chi connectivity index (χ0) is 14.4. The molecule has 1 aromatic carbocycles. The lowest BCUT2D eigenvalue weighted by Gasteiger charge is -2.10. The number of fused-ring (bicyclic) bond motifs is 1. The highest BCUT2D eigenvalue weighted by molar-refractivity contribution is 6.20. The van der Waals surface area contributed by atoms with Gasteiger partial charge in [0.2, 0.25) is 0 Å². The van der Waals surface area contributed by atoms with Gasteiger partial charge in [-0.05, 0) is 32.4 Å². The molecule has 4 nitrogen and oxygen atoms in total. The topological polar surface area (TPSA) is 35.6 Å². The van der Waals surface area contributed by atoms with Crippen molar-refractivity contribution in [1.82, 2.24) is 19.3 Å². The number of benzene rings is 1. The number of hydrogen-bond donors (Lipinski definition) is 0. The van der Waals surface area contributed by atoms with Crippen molar-refractivity contribution in [2.24, 2.45) is 7.05 Å². The fourth-order valence-corrected chi connectivity index (χ4v) is 2.78. The zero-order valence-electron chi connectivity index (χ0n) is 12.1. The van der Waals surface area contributed by atoms with Crippen molar-refractivity contribution in [2.45, 2.75) is 26.1 Å². The van der Waals surface area contributed by atoms with E-state index in [9.17, 15) is 0 Å². The predicted octanol–water partition coefficient (Wildman–Crippen LogP) is 3.68. The van der Waals surface area contributed by atoms with Crippen LogP contribution < -0.4 is 0 Å². The van der Waals surface area contributed by atoms with Gasteiger partial charge in [0, 0.05) is 13.2 Å². The normalized spacial score (nSPS) is 13.1. The number of imidazole rings is 1. The molecule has 0 amide bonds. The molecule has 3 aromatic rings. The van der Waals surface area contributed by atoms with Crippen LogP contribution >= 0.6 is 11.6 Å². The average molecular weight is 289 g/mol. The molecule has 3 rings (SSSR count). The van der Waals surface area contributed by atoms with Gasteiger partial charge in [-0.25, -0.2) is 4.98 Å². The molecule has 1 unspecified atom stereocenters. The third kappa shape index (κ3) is 1.91. The summed E-state index contributed by atoms with van der Waals surface area (Å²) in [7, 11) is 1.92. The summed E-state index contributed by atoms with van der Waals surface area (Å²) in [5.74, 6) is 0.854. The minimum absolute atomic E-state index is 0.165. The molecule has 20 heavy (non-hydrogen) atoms. The summed E-state index contributed by atoms with van der Waals surface area (Å²) in [6.45, 7) is 6.04. The van der Waals surface area contributed by atoms with Crippen molar-refractivity contribution in [3.05, 3.63) is 41.5 Å². The molecule has 1 atom stereocenters. The van der Waals surface area contributed by atoms with E-state index in [0.29, 0.717) is 0 Å². The quantitative estimate of drug-likeness (QED) is 0.675. The number of halogens is 1. The van der Waals surface area contributed by atoms with E-state index in [1.807, 2.05) is 43.9 Å².